The van der Waals surface area contributed by atoms with E-state index < -0.39 is 0 Å². The Balaban J connectivity index is 1.63. The third kappa shape index (κ3) is 3.96. The summed E-state index contributed by atoms with van der Waals surface area (Å²) in [6.45, 7) is 3.41. The highest BCUT2D eigenvalue weighted by atomic mass is 35.5. The van der Waals surface area contributed by atoms with Gasteiger partial charge in [0.05, 0.1) is 18.2 Å². The van der Waals surface area contributed by atoms with Crippen LogP contribution in [0.25, 0.3) is 0 Å². The summed E-state index contributed by atoms with van der Waals surface area (Å²) in [6, 6.07) is 8.21. The minimum absolute atomic E-state index is 0.0440. The first-order valence-corrected chi connectivity index (χ1v) is 8.05. The molecule has 0 unspecified atom stereocenters. The number of aromatic nitrogens is 1. The van der Waals surface area contributed by atoms with E-state index in [0.29, 0.717) is 25.3 Å². The van der Waals surface area contributed by atoms with Crippen LogP contribution in [0.4, 0.5) is 5.82 Å². The van der Waals surface area contributed by atoms with Crippen molar-refractivity contribution in [2.24, 2.45) is 0 Å². The molecule has 3 rings (SSSR count). The van der Waals surface area contributed by atoms with Crippen molar-refractivity contribution in [2.45, 2.75) is 6.54 Å². The van der Waals surface area contributed by atoms with Gasteiger partial charge in [0.25, 0.3) is 5.91 Å². The Kier molecular flexibility index (Phi) is 5.17. The molecule has 1 amide bonds. The minimum atomic E-state index is -0.248. The number of aromatic hydroxyl groups is 1. The fraction of sp³-hybridized carbons (Fsp3) is 0.294. The van der Waals surface area contributed by atoms with E-state index in [-0.39, 0.29) is 16.7 Å². The molecule has 0 bridgehead atoms. The molecule has 0 aliphatic carbocycles. The van der Waals surface area contributed by atoms with Gasteiger partial charge in [0.1, 0.15) is 11.6 Å². The molecule has 1 aromatic carbocycles. The highest BCUT2D eigenvalue weighted by Crippen LogP contribution is 2.23. The van der Waals surface area contributed by atoms with Crippen molar-refractivity contribution >= 4 is 23.3 Å². The largest absolute Gasteiger partial charge is 0.506 e. The molecule has 0 saturated carbocycles. The number of carbonyl (C=O) groups is 1. The van der Waals surface area contributed by atoms with Crippen LogP contribution in [0.3, 0.4) is 0 Å². The molecule has 1 saturated heterocycles. The van der Waals surface area contributed by atoms with Gasteiger partial charge in [-0.2, -0.15) is 0 Å². The fourth-order valence-corrected chi connectivity index (χ4v) is 2.65. The van der Waals surface area contributed by atoms with Gasteiger partial charge < -0.3 is 20.1 Å². The van der Waals surface area contributed by atoms with Crippen LogP contribution in [-0.2, 0) is 11.3 Å². The number of phenols is 1. The Morgan fingerprint density at radius 1 is 1.29 bits per heavy atom. The molecule has 126 valence electrons. The number of anilines is 1. The van der Waals surface area contributed by atoms with Crippen molar-refractivity contribution in [3.8, 4) is 5.75 Å². The predicted molar refractivity (Wildman–Crippen MR) is 91.6 cm³/mol. The van der Waals surface area contributed by atoms with E-state index in [4.69, 9.17) is 16.3 Å². The number of pyridine rings is 1. The van der Waals surface area contributed by atoms with Crippen LogP contribution in [0.15, 0.2) is 36.5 Å². The molecule has 2 N–H and O–H groups in total. The second-order valence-corrected chi connectivity index (χ2v) is 5.88. The maximum absolute atomic E-state index is 12.2. The van der Waals surface area contributed by atoms with Crippen LogP contribution >= 0.6 is 11.6 Å². The Morgan fingerprint density at radius 2 is 2.08 bits per heavy atom. The van der Waals surface area contributed by atoms with Crippen LogP contribution in [0.5, 0.6) is 5.75 Å². The molecular formula is C17H18ClN3O3. The minimum Gasteiger partial charge on any atom is -0.506 e. The first kappa shape index (κ1) is 16.5. The van der Waals surface area contributed by atoms with Crippen molar-refractivity contribution < 1.29 is 14.6 Å². The molecule has 0 atom stereocenters. The molecule has 1 aliphatic rings. The number of hydrogen-bond donors (Lipinski definition) is 2. The Morgan fingerprint density at radius 3 is 2.83 bits per heavy atom. The molecule has 6 nitrogen and oxygen atoms in total. The monoisotopic (exact) mass is 347 g/mol. The number of benzene rings is 1. The normalized spacial score (nSPS) is 14.5. The van der Waals surface area contributed by atoms with Crippen LogP contribution in [0.2, 0.25) is 5.02 Å². The first-order valence-electron chi connectivity index (χ1n) is 7.68. The van der Waals surface area contributed by atoms with Gasteiger partial charge in [-0.1, -0.05) is 11.6 Å². The molecule has 0 radical (unpaired) electrons. The average Bonchev–Trinajstić information content (AvgIpc) is 2.63. The number of phenolic OH excluding ortho intramolecular Hbond substituents is 1. The molecule has 0 spiro atoms. The van der Waals surface area contributed by atoms with E-state index >= 15 is 0 Å². The fourth-order valence-electron chi connectivity index (χ4n) is 2.47. The van der Waals surface area contributed by atoms with Crippen molar-refractivity contribution in [3.63, 3.8) is 0 Å². The Hall–Kier alpha value is -2.31. The molecule has 1 fully saturated rings. The summed E-state index contributed by atoms with van der Waals surface area (Å²) in [5, 5.41) is 12.4. The third-order valence-corrected chi connectivity index (χ3v) is 4.11. The van der Waals surface area contributed by atoms with Crippen LogP contribution < -0.4 is 10.2 Å². The summed E-state index contributed by atoms with van der Waals surface area (Å²) in [4.78, 5) is 18.7. The lowest BCUT2D eigenvalue weighted by molar-refractivity contribution is 0.0951. The van der Waals surface area contributed by atoms with Crippen molar-refractivity contribution in [1.82, 2.24) is 10.3 Å². The van der Waals surface area contributed by atoms with E-state index in [1.807, 2.05) is 12.1 Å². The number of carbonyl (C=O) groups excluding carboxylic acids is 1. The smallest absolute Gasteiger partial charge is 0.251 e. The van der Waals surface area contributed by atoms with Gasteiger partial charge in [0, 0.05) is 31.4 Å². The summed E-state index contributed by atoms with van der Waals surface area (Å²) in [7, 11) is 0. The van der Waals surface area contributed by atoms with Crippen LogP contribution in [0.1, 0.15) is 15.9 Å². The van der Waals surface area contributed by atoms with Gasteiger partial charge in [-0.25, -0.2) is 4.98 Å². The van der Waals surface area contributed by atoms with Crippen molar-refractivity contribution in [2.75, 3.05) is 31.2 Å². The lowest BCUT2D eigenvalue weighted by Gasteiger charge is -2.28. The summed E-state index contributed by atoms with van der Waals surface area (Å²) in [6.07, 6.45) is 1.74. The van der Waals surface area contributed by atoms with E-state index in [9.17, 15) is 9.90 Å². The van der Waals surface area contributed by atoms with Crippen molar-refractivity contribution in [1.29, 1.82) is 0 Å². The summed E-state index contributed by atoms with van der Waals surface area (Å²) < 4.78 is 5.34. The molecule has 1 aliphatic heterocycles. The molecule has 1 aromatic heterocycles. The van der Waals surface area contributed by atoms with E-state index in [1.54, 1.807) is 6.20 Å². The zero-order valence-electron chi connectivity index (χ0n) is 13.0. The number of hydrogen-bond acceptors (Lipinski definition) is 5. The van der Waals surface area contributed by atoms with Gasteiger partial charge in [0.15, 0.2) is 0 Å². The second-order valence-electron chi connectivity index (χ2n) is 5.47. The predicted octanol–water partition coefficient (Wildman–Crippen LogP) is 2.21. The quantitative estimate of drug-likeness (QED) is 0.887. The zero-order valence-corrected chi connectivity index (χ0v) is 13.8. The van der Waals surface area contributed by atoms with E-state index in [1.165, 1.54) is 18.2 Å². The van der Waals surface area contributed by atoms with Crippen molar-refractivity contribution in [3.05, 3.63) is 52.7 Å². The number of amides is 1. The number of morpholine rings is 1. The maximum atomic E-state index is 12.2. The highest BCUT2D eigenvalue weighted by molar-refractivity contribution is 6.32. The number of nitrogens with one attached hydrogen (secondary N) is 1. The first-order chi connectivity index (χ1) is 11.6. The number of rotatable bonds is 4. The molecule has 24 heavy (non-hydrogen) atoms. The number of halogens is 1. The SMILES string of the molecule is O=C(NCc1ccnc(N2CCOCC2)c1)c1ccc(O)c(Cl)c1. The lowest BCUT2D eigenvalue weighted by atomic mass is 10.2. The van der Waals surface area contributed by atoms with Gasteiger partial charge >= 0.3 is 0 Å². The summed E-state index contributed by atoms with van der Waals surface area (Å²) in [5.74, 6) is 0.594. The van der Waals surface area contributed by atoms with Gasteiger partial charge in [-0.3, -0.25) is 4.79 Å². The Bertz CT molecular complexity index is 733. The topological polar surface area (TPSA) is 74.7 Å². The molecule has 2 heterocycles. The molecule has 2 aromatic rings. The Labute approximate surface area is 145 Å². The number of ether oxygens (including phenoxy) is 1. The number of nitrogens with zero attached hydrogens (tertiary/aromatic N) is 2. The lowest BCUT2D eigenvalue weighted by Crippen LogP contribution is -2.36. The van der Waals surface area contributed by atoms with Gasteiger partial charge in [-0.15, -0.1) is 0 Å². The van der Waals surface area contributed by atoms with E-state index in [0.717, 1.165) is 24.5 Å². The van der Waals surface area contributed by atoms with Gasteiger partial charge in [0.2, 0.25) is 0 Å². The summed E-state index contributed by atoms with van der Waals surface area (Å²) in [5.41, 5.74) is 1.37. The maximum Gasteiger partial charge on any atom is 0.251 e. The van der Waals surface area contributed by atoms with E-state index in [2.05, 4.69) is 15.2 Å². The molecular weight excluding hydrogens is 330 g/mol. The second kappa shape index (κ2) is 7.51. The van der Waals surface area contributed by atoms with Crippen LogP contribution in [-0.4, -0.2) is 42.3 Å². The zero-order chi connectivity index (χ0) is 16.9. The van der Waals surface area contributed by atoms with Gasteiger partial charge in [-0.05, 0) is 35.9 Å². The standard InChI is InChI=1S/C17H18ClN3O3/c18-14-10-13(1-2-15(14)22)17(23)20-11-12-3-4-19-16(9-12)21-5-7-24-8-6-21/h1-4,9-10,22H,5-8,11H2,(H,20,23). The molecule has 7 heteroatoms. The third-order valence-electron chi connectivity index (χ3n) is 3.81. The summed E-state index contributed by atoms with van der Waals surface area (Å²) >= 11 is 5.83. The van der Waals surface area contributed by atoms with Crippen LogP contribution in [0, 0.1) is 0 Å². The average molecular weight is 348 g/mol. The highest BCUT2D eigenvalue weighted by Gasteiger charge is 2.13.